The van der Waals surface area contributed by atoms with Crippen molar-refractivity contribution in [3.8, 4) is 0 Å². The molecular formula is C18H25BrO. The minimum absolute atomic E-state index is 0.474. The second kappa shape index (κ2) is 6.62. The van der Waals surface area contributed by atoms with E-state index in [1.54, 1.807) is 0 Å². The van der Waals surface area contributed by atoms with Gasteiger partial charge in [0.2, 0.25) is 0 Å². The summed E-state index contributed by atoms with van der Waals surface area (Å²) >= 11 is 3.92. The normalized spacial score (nSPS) is 38.0. The van der Waals surface area contributed by atoms with Gasteiger partial charge < -0.3 is 4.74 Å². The second-order valence-corrected chi connectivity index (χ2v) is 7.75. The molecule has 1 aliphatic heterocycles. The highest BCUT2D eigenvalue weighted by Crippen LogP contribution is 2.42. The van der Waals surface area contributed by atoms with Crippen LogP contribution in [0.25, 0.3) is 0 Å². The quantitative estimate of drug-likeness (QED) is 0.681. The summed E-state index contributed by atoms with van der Waals surface area (Å²) in [7, 11) is 0. The van der Waals surface area contributed by atoms with Crippen molar-refractivity contribution < 1.29 is 4.74 Å². The molecule has 110 valence electrons. The van der Waals surface area contributed by atoms with Crippen molar-refractivity contribution in [2.45, 2.75) is 68.4 Å². The third-order valence-corrected chi connectivity index (χ3v) is 6.25. The van der Waals surface area contributed by atoms with Crippen molar-refractivity contribution in [3.63, 3.8) is 0 Å². The average molecular weight is 337 g/mol. The molecule has 5 unspecified atom stereocenters. The van der Waals surface area contributed by atoms with E-state index in [2.05, 4.69) is 53.2 Å². The number of alkyl halides is 1. The molecular weight excluding hydrogens is 312 g/mol. The summed E-state index contributed by atoms with van der Waals surface area (Å²) in [6, 6.07) is 11.1. The molecule has 2 heteroatoms. The zero-order chi connectivity index (χ0) is 13.9. The molecule has 20 heavy (non-hydrogen) atoms. The highest BCUT2D eigenvalue weighted by atomic mass is 79.9. The molecule has 1 saturated heterocycles. The standard InChI is InChI=1S/C18H25BrO/c1-13-7-9-17(20-13)12-16-11-15(8-10-18(16)19)14-5-3-2-4-6-14/h2-6,13,15-18H,7-12H2,1H3. The minimum atomic E-state index is 0.474. The van der Waals surface area contributed by atoms with Gasteiger partial charge in [0.25, 0.3) is 0 Å². The number of benzene rings is 1. The van der Waals surface area contributed by atoms with Gasteiger partial charge in [0, 0.05) is 4.83 Å². The van der Waals surface area contributed by atoms with E-state index in [0.29, 0.717) is 17.0 Å². The van der Waals surface area contributed by atoms with E-state index in [1.165, 1.54) is 44.1 Å². The van der Waals surface area contributed by atoms with Gasteiger partial charge in [-0.1, -0.05) is 46.3 Å². The van der Waals surface area contributed by atoms with Crippen molar-refractivity contribution in [2.24, 2.45) is 5.92 Å². The van der Waals surface area contributed by atoms with Crippen LogP contribution in [0.1, 0.15) is 56.9 Å². The molecule has 2 aliphatic rings. The largest absolute Gasteiger partial charge is 0.375 e. The molecule has 0 amide bonds. The van der Waals surface area contributed by atoms with Crippen molar-refractivity contribution in [2.75, 3.05) is 0 Å². The lowest BCUT2D eigenvalue weighted by Crippen LogP contribution is -2.27. The number of hydrogen-bond donors (Lipinski definition) is 0. The van der Waals surface area contributed by atoms with Crippen molar-refractivity contribution in [3.05, 3.63) is 35.9 Å². The van der Waals surface area contributed by atoms with E-state index in [4.69, 9.17) is 4.74 Å². The van der Waals surface area contributed by atoms with Gasteiger partial charge in [-0.05, 0) is 62.8 Å². The average Bonchev–Trinajstić information content (AvgIpc) is 2.88. The van der Waals surface area contributed by atoms with E-state index in [-0.39, 0.29) is 0 Å². The number of halogens is 1. The zero-order valence-electron chi connectivity index (χ0n) is 12.3. The van der Waals surface area contributed by atoms with Crippen molar-refractivity contribution in [1.29, 1.82) is 0 Å². The maximum Gasteiger partial charge on any atom is 0.0582 e. The van der Waals surface area contributed by atoms with Crippen LogP contribution in [0.15, 0.2) is 30.3 Å². The fraction of sp³-hybridized carbons (Fsp3) is 0.667. The Balaban J connectivity index is 1.61. The van der Waals surface area contributed by atoms with Gasteiger partial charge in [-0.25, -0.2) is 0 Å². The van der Waals surface area contributed by atoms with E-state index in [1.807, 2.05) is 0 Å². The topological polar surface area (TPSA) is 9.23 Å². The molecule has 3 rings (SSSR count). The van der Waals surface area contributed by atoms with Crippen LogP contribution in [0.3, 0.4) is 0 Å². The molecule has 0 spiro atoms. The van der Waals surface area contributed by atoms with Gasteiger partial charge in [0.1, 0.15) is 0 Å². The summed E-state index contributed by atoms with van der Waals surface area (Å²) in [6.45, 7) is 2.21. The van der Waals surface area contributed by atoms with Crippen LogP contribution in [0.2, 0.25) is 0 Å². The SMILES string of the molecule is CC1CCC(CC2CC(c3ccccc3)CCC2Br)O1. The Hall–Kier alpha value is -0.340. The second-order valence-electron chi connectivity index (χ2n) is 6.58. The summed E-state index contributed by atoms with van der Waals surface area (Å²) in [5, 5.41) is 0. The fourth-order valence-corrected chi connectivity index (χ4v) is 4.59. The van der Waals surface area contributed by atoms with Crippen LogP contribution in [-0.2, 0) is 4.74 Å². The van der Waals surface area contributed by atoms with Gasteiger partial charge >= 0.3 is 0 Å². The summed E-state index contributed by atoms with van der Waals surface area (Å²) in [4.78, 5) is 0.682. The van der Waals surface area contributed by atoms with Crippen LogP contribution >= 0.6 is 15.9 Å². The van der Waals surface area contributed by atoms with E-state index < -0.39 is 0 Å². The molecule has 2 fully saturated rings. The smallest absolute Gasteiger partial charge is 0.0582 e. The Morgan fingerprint density at radius 1 is 1.10 bits per heavy atom. The molecule has 1 aliphatic carbocycles. The van der Waals surface area contributed by atoms with Crippen molar-refractivity contribution in [1.82, 2.24) is 0 Å². The molecule has 5 atom stereocenters. The number of rotatable bonds is 3. The summed E-state index contributed by atoms with van der Waals surface area (Å²) < 4.78 is 6.03. The third-order valence-electron chi connectivity index (χ3n) is 5.05. The fourth-order valence-electron chi connectivity index (χ4n) is 3.90. The Bertz CT molecular complexity index is 419. The Morgan fingerprint density at radius 3 is 2.60 bits per heavy atom. The summed E-state index contributed by atoms with van der Waals surface area (Å²) in [5.41, 5.74) is 1.53. The predicted molar refractivity (Wildman–Crippen MR) is 87.4 cm³/mol. The highest BCUT2D eigenvalue weighted by Gasteiger charge is 2.33. The van der Waals surface area contributed by atoms with Crippen molar-refractivity contribution >= 4 is 15.9 Å². The first-order chi connectivity index (χ1) is 9.72. The van der Waals surface area contributed by atoms with E-state index >= 15 is 0 Å². The van der Waals surface area contributed by atoms with Crippen LogP contribution in [0, 0.1) is 5.92 Å². The molecule has 0 N–H and O–H groups in total. The van der Waals surface area contributed by atoms with Crippen LogP contribution in [0.4, 0.5) is 0 Å². The molecule has 1 nitrogen and oxygen atoms in total. The summed E-state index contributed by atoms with van der Waals surface area (Å²) in [6.07, 6.45) is 8.65. The van der Waals surface area contributed by atoms with Crippen LogP contribution in [-0.4, -0.2) is 17.0 Å². The minimum Gasteiger partial charge on any atom is -0.375 e. The van der Waals surface area contributed by atoms with E-state index in [9.17, 15) is 0 Å². The van der Waals surface area contributed by atoms with Gasteiger partial charge in [-0.2, -0.15) is 0 Å². The molecule has 0 radical (unpaired) electrons. The maximum absolute atomic E-state index is 6.03. The molecule has 1 heterocycles. The maximum atomic E-state index is 6.03. The van der Waals surface area contributed by atoms with Gasteiger partial charge in [-0.15, -0.1) is 0 Å². The lowest BCUT2D eigenvalue weighted by atomic mass is 9.76. The molecule has 0 aromatic heterocycles. The first-order valence-electron chi connectivity index (χ1n) is 8.07. The van der Waals surface area contributed by atoms with Crippen LogP contribution < -0.4 is 0 Å². The number of hydrogen-bond acceptors (Lipinski definition) is 1. The molecule has 1 saturated carbocycles. The highest BCUT2D eigenvalue weighted by molar-refractivity contribution is 9.09. The Morgan fingerprint density at radius 2 is 1.90 bits per heavy atom. The predicted octanol–water partition coefficient (Wildman–Crippen LogP) is 5.29. The molecule has 0 bridgehead atoms. The van der Waals surface area contributed by atoms with Gasteiger partial charge in [-0.3, -0.25) is 0 Å². The summed E-state index contributed by atoms with van der Waals surface area (Å²) in [5.74, 6) is 1.51. The Labute approximate surface area is 131 Å². The monoisotopic (exact) mass is 336 g/mol. The zero-order valence-corrected chi connectivity index (χ0v) is 13.9. The third kappa shape index (κ3) is 3.46. The van der Waals surface area contributed by atoms with Gasteiger partial charge in [0.05, 0.1) is 12.2 Å². The molecule has 1 aromatic carbocycles. The Kier molecular flexibility index (Phi) is 4.83. The number of ether oxygens (including phenoxy) is 1. The van der Waals surface area contributed by atoms with Crippen LogP contribution in [0.5, 0.6) is 0 Å². The lowest BCUT2D eigenvalue weighted by molar-refractivity contribution is 0.0370. The van der Waals surface area contributed by atoms with Gasteiger partial charge in [0.15, 0.2) is 0 Å². The van der Waals surface area contributed by atoms with E-state index in [0.717, 1.165) is 11.8 Å². The first kappa shape index (κ1) is 14.6. The lowest BCUT2D eigenvalue weighted by Gasteiger charge is -2.35. The first-order valence-corrected chi connectivity index (χ1v) is 8.98. The molecule has 1 aromatic rings.